The van der Waals surface area contributed by atoms with Gasteiger partial charge in [-0.05, 0) is 43.9 Å². The molecule has 7 bridgehead atoms. The van der Waals surface area contributed by atoms with Crippen molar-refractivity contribution in [2.24, 2.45) is 34.5 Å². The number of carbonyl (C=O) groups excluding carboxylic acids is 2. The van der Waals surface area contributed by atoms with E-state index >= 15 is 0 Å². The van der Waals surface area contributed by atoms with Gasteiger partial charge in [-0.15, -0.1) is 0 Å². The fourth-order valence-electron chi connectivity index (χ4n) is 12.4. The molecule has 5 aliphatic carbocycles. The summed E-state index contributed by atoms with van der Waals surface area (Å²) in [6.45, 7) is 5.44. The minimum Gasteiger partial charge on any atom is -0.455 e. The highest BCUT2D eigenvalue weighted by Gasteiger charge is 2.91. The Morgan fingerprint density at radius 3 is 2.36 bits per heavy atom. The lowest BCUT2D eigenvalue weighted by molar-refractivity contribution is -0.317. The van der Waals surface area contributed by atoms with Crippen LogP contribution in [0.4, 0.5) is 0 Å². The Morgan fingerprint density at radius 2 is 1.76 bits per heavy atom. The van der Waals surface area contributed by atoms with Crippen LogP contribution in [0.3, 0.4) is 0 Å². The second-order valence-corrected chi connectivity index (χ2v) is 14.3. The molecule has 1 saturated heterocycles. The van der Waals surface area contributed by atoms with Gasteiger partial charge in [-0.25, -0.2) is 4.79 Å². The van der Waals surface area contributed by atoms with Crippen LogP contribution in [-0.4, -0.2) is 123 Å². The predicted octanol–water partition coefficient (Wildman–Crippen LogP) is 1.68. The van der Waals surface area contributed by atoms with Gasteiger partial charge in [0.15, 0.2) is 5.60 Å². The molecule has 11 heteroatoms. The number of aliphatic hydroxyl groups excluding tert-OH is 1. The number of carbonyl (C=O) groups is 2. The van der Waals surface area contributed by atoms with Crippen LogP contribution in [0, 0.1) is 34.5 Å². The van der Waals surface area contributed by atoms with Gasteiger partial charge in [0.2, 0.25) is 0 Å². The first-order valence-electron chi connectivity index (χ1n) is 16.2. The Balaban J connectivity index is 1.52. The number of fused-ring (bicyclic) bond motifs is 2. The highest BCUT2D eigenvalue weighted by atomic mass is 16.6. The van der Waals surface area contributed by atoms with E-state index in [1.54, 1.807) is 45.6 Å². The first-order valence-corrected chi connectivity index (χ1v) is 16.2. The summed E-state index contributed by atoms with van der Waals surface area (Å²) in [5.41, 5.74) is -3.92. The number of aliphatic hydroxyl groups is 2. The number of methoxy groups -OCH3 is 4. The summed E-state index contributed by atoms with van der Waals surface area (Å²) in [6, 6.07) is 8.42. The van der Waals surface area contributed by atoms with Gasteiger partial charge in [-0.2, -0.15) is 0 Å². The number of ether oxygens (including phenoxy) is 6. The monoisotopic (exact) mass is 629 g/mol. The lowest BCUT2D eigenvalue weighted by Crippen LogP contribution is -2.80. The van der Waals surface area contributed by atoms with Crippen LogP contribution in [0.25, 0.3) is 0 Å². The Labute approximate surface area is 264 Å². The molecule has 1 spiro atoms. The van der Waals surface area contributed by atoms with E-state index in [0.29, 0.717) is 18.7 Å². The predicted molar refractivity (Wildman–Crippen MR) is 159 cm³/mol. The highest BCUT2D eigenvalue weighted by Crippen LogP contribution is 2.80. The van der Waals surface area contributed by atoms with Crippen LogP contribution in [0.2, 0.25) is 0 Å². The molecule has 1 aliphatic heterocycles. The summed E-state index contributed by atoms with van der Waals surface area (Å²) in [5.74, 6) is -2.95. The Hall–Kier alpha value is -2.12. The normalized spacial score (nSPS) is 49.1. The topological polar surface area (TPSA) is 133 Å². The molecule has 6 aliphatic rings. The van der Waals surface area contributed by atoms with E-state index < -0.39 is 64.8 Å². The summed E-state index contributed by atoms with van der Waals surface area (Å²) in [7, 11) is 6.59. The Bertz CT molecular complexity index is 1330. The van der Waals surface area contributed by atoms with Crippen LogP contribution in [0.15, 0.2) is 30.3 Å². The molecule has 7 rings (SSSR count). The van der Waals surface area contributed by atoms with E-state index in [1.807, 2.05) is 6.07 Å². The molecule has 0 amide bonds. The third kappa shape index (κ3) is 3.66. The number of hydrogen-bond acceptors (Lipinski definition) is 11. The lowest BCUT2D eigenvalue weighted by Gasteiger charge is -2.69. The molecule has 1 aromatic rings. The first kappa shape index (κ1) is 31.5. The summed E-state index contributed by atoms with van der Waals surface area (Å²) in [6.07, 6.45) is -2.64. The van der Waals surface area contributed by atoms with E-state index in [0.717, 1.165) is 19.4 Å². The smallest absolute Gasteiger partial charge is 0.338 e. The molecule has 5 saturated carbocycles. The van der Waals surface area contributed by atoms with E-state index in [9.17, 15) is 19.8 Å². The van der Waals surface area contributed by atoms with Gasteiger partial charge in [0, 0.05) is 76.5 Å². The van der Waals surface area contributed by atoms with Crippen molar-refractivity contribution in [2.45, 2.75) is 80.9 Å². The second kappa shape index (κ2) is 10.7. The van der Waals surface area contributed by atoms with Crippen molar-refractivity contribution in [1.29, 1.82) is 0 Å². The fraction of sp³-hybridized carbons (Fsp3) is 0.765. The van der Waals surface area contributed by atoms with E-state index in [1.165, 1.54) is 14.0 Å². The van der Waals surface area contributed by atoms with Crippen LogP contribution in [0.5, 0.6) is 0 Å². The van der Waals surface area contributed by atoms with Crippen molar-refractivity contribution in [3.05, 3.63) is 35.9 Å². The number of rotatable bonds is 9. The molecule has 0 radical (unpaired) electrons. The molecule has 2 N–H and O–H groups in total. The summed E-state index contributed by atoms with van der Waals surface area (Å²) < 4.78 is 37.7. The molecule has 1 heterocycles. The number of nitrogens with zero attached hydrogens (tertiary/aromatic N) is 1. The SMILES string of the molecule is CCN1C[C@]2(COC)CCC(OC)[C@]34C1[C@H]([C@H](OC)[C@H]23)[C@]1(OC(C)=O)[C@H]2[C@@H](OC(=O)c3ccccc3)[C@@](O)(C[C@H]24)[C@@H](OC)[C@@H]1O. The minimum atomic E-state index is -1.76. The summed E-state index contributed by atoms with van der Waals surface area (Å²) >= 11 is 0. The maximum atomic E-state index is 13.7. The molecule has 11 nitrogen and oxygen atoms in total. The Morgan fingerprint density at radius 1 is 1.02 bits per heavy atom. The van der Waals surface area contributed by atoms with Crippen LogP contribution < -0.4 is 0 Å². The van der Waals surface area contributed by atoms with Crippen molar-refractivity contribution in [3.8, 4) is 0 Å². The standard InChI is InChI=1S/C34H47NO10/c1-7-35-16-31(17-40-3)14-13-21(41-4)33-20-15-32(39)28(44-30(38)19-11-9-8-10-12-19)22(20)34(45-18(2)36,27(37)29(32)43-6)23(26(33)35)24(42-5)25(31)33/h8-12,20-29,37,39H,7,13-17H2,1-6H3/t20-,21?,22-,23+,24+,25-,26?,27+,28-,29+,31+,32+,33+,34-/m1/s1. The van der Waals surface area contributed by atoms with Crippen LogP contribution in [-0.2, 0) is 33.2 Å². The zero-order valence-electron chi connectivity index (χ0n) is 27.0. The van der Waals surface area contributed by atoms with Crippen molar-refractivity contribution in [1.82, 2.24) is 4.90 Å². The number of piperidine rings is 1. The average molecular weight is 630 g/mol. The molecule has 0 aromatic heterocycles. The number of benzene rings is 1. The van der Waals surface area contributed by atoms with E-state index in [4.69, 9.17) is 28.4 Å². The number of esters is 2. The summed E-state index contributed by atoms with van der Waals surface area (Å²) in [5, 5.41) is 25.3. The van der Waals surface area contributed by atoms with E-state index in [2.05, 4.69) is 11.8 Å². The second-order valence-electron chi connectivity index (χ2n) is 14.3. The maximum Gasteiger partial charge on any atom is 0.338 e. The van der Waals surface area contributed by atoms with Crippen molar-refractivity contribution < 1.29 is 48.2 Å². The molecule has 248 valence electrons. The van der Waals surface area contributed by atoms with Gasteiger partial charge < -0.3 is 38.6 Å². The van der Waals surface area contributed by atoms with Gasteiger partial charge in [0.1, 0.15) is 23.9 Å². The van der Waals surface area contributed by atoms with Gasteiger partial charge in [-0.3, -0.25) is 9.69 Å². The van der Waals surface area contributed by atoms with Crippen molar-refractivity contribution in [2.75, 3.05) is 48.1 Å². The zero-order valence-corrected chi connectivity index (χ0v) is 27.0. The van der Waals surface area contributed by atoms with Crippen molar-refractivity contribution in [3.63, 3.8) is 0 Å². The third-order valence-corrected chi connectivity index (χ3v) is 13.0. The Kier molecular flexibility index (Phi) is 7.48. The fourth-order valence-corrected chi connectivity index (χ4v) is 12.4. The largest absolute Gasteiger partial charge is 0.455 e. The van der Waals surface area contributed by atoms with Crippen LogP contribution >= 0.6 is 0 Å². The molecule has 6 fully saturated rings. The molecular weight excluding hydrogens is 582 g/mol. The zero-order chi connectivity index (χ0) is 32.1. The minimum absolute atomic E-state index is 0.101. The molecule has 45 heavy (non-hydrogen) atoms. The van der Waals surface area contributed by atoms with E-state index in [-0.39, 0.29) is 35.8 Å². The molecule has 1 aromatic carbocycles. The molecule has 2 unspecified atom stereocenters. The van der Waals surface area contributed by atoms with Gasteiger partial charge in [0.25, 0.3) is 0 Å². The quantitative estimate of drug-likeness (QED) is 0.387. The molecule has 14 atom stereocenters. The van der Waals surface area contributed by atoms with Crippen LogP contribution in [0.1, 0.15) is 43.5 Å². The first-order chi connectivity index (χ1) is 21.6. The number of hydrogen-bond donors (Lipinski definition) is 2. The van der Waals surface area contributed by atoms with Gasteiger partial charge in [0.05, 0.1) is 24.4 Å². The number of likely N-dealkylation sites (tertiary alicyclic amines) is 1. The summed E-state index contributed by atoms with van der Waals surface area (Å²) in [4.78, 5) is 29.4. The lowest BCUT2D eigenvalue weighted by atomic mass is 9.43. The third-order valence-electron chi connectivity index (χ3n) is 13.0. The maximum absolute atomic E-state index is 13.7. The van der Waals surface area contributed by atoms with Crippen molar-refractivity contribution >= 4 is 11.9 Å². The van der Waals surface area contributed by atoms with Gasteiger partial charge >= 0.3 is 11.9 Å². The average Bonchev–Trinajstić information content (AvgIpc) is 3.40. The highest BCUT2D eigenvalue weighted by molar-refractivity contribution is 5.89. The molecular formula is C34H47NO10. The van der Waals surface area contributed by atoms with Gasteiger partial charge in [-0.1, -0.05) is 25.1 Å².